The quantitative estimate of drug-likeness (QED) is 0.142. The lowest BCUT2D eigenvalue weighted by molar-refractivity contribution is -0.118. The van der Waals surface area contributed by atoms with E-state index in [1.165, 1.54) is 32.1 Å². The molecular formula is C27H26N4O6S. The molecule has 196 valence electrons. The van der Waals surface area contributed by atoms with E-state index in [4.69, 9.17) is 18.9 Å². The summed E-state index contributed by atoms with van der Waals surface area (Å²) >= 11 is 1.13. The molecule has 0 atom stereocenters. The lowest BCUT2D eigenvalue weighted by Crippen LogP contribution is -2.24. The van der Waals surface area contributed by atoms with E-state index < -0.39 is 0 Å². The first-order valence-electron chi connectivity index (χ1n) is 11.4. The van der Waals surface area contributed by atoms with Gasteiger partial charge in [0.15, 0.2) is 16.7 Å². The molecule has 0 unspecified atom stereocenters. The topological polar surface area (TPSA) is 113 Å². The van der Waals surface area contributed by atoms with Gasteiger partial charge in [0, 0.05) is 11.6 Å². The van der Waals surface area contributed by atoms with E-state index in [1.807, 2.05) is 6.07 Å². The number of ether oxygens (including phenoxy) is 4. The van der Waals surface area contributed by atoms with Crippen molar-refractivity contribution in [1.82, 2.24) is 15.0 Å². The fraction of sp³-hybridized carbons (Fsp3) is 0.185. The maximum atomic E-state index is 13.4. The van der Waals surface area contributed by atoms with Gasteiger partial charge in [-0.15, -0.1) is 0 Å². The molecule has 0 aliphatic heterocycles. The van der Waals surface area contributed by atoms with Gasteiger partial charge in [-0.05, 0) is 42.5 Å². The van der Waals surface area contributed by atoms with Gasteiger partial charge < -0.3 is 18.9 Å². The van der Waals surface area contributed by atoms with Crippen molar-refractivity contribution in [2.24, 2.45) is 5.10 Å². The van der Waals surface area contributed by atoms with Crippen molar-refractivity contribution in [2.75, 3.05) is 34.2 Å². The molecule has 0 aliphatic carbocycles. The molecule has 0 aliphatic rings. The zero-order valence-corrected chi connectivity index (χ0v) is 22.1. The van der Waals surface area contributed by atoms with Gasteiger partial charge in [0.2, 0.25) is 0 Å². The summed E-state index contributed by atoms with van der Waals surface area (Å²) in [7, 11) is 6.15. The summed E-state index contributed by atoms with van der Waals surface area (Å²) in [6.45, 7) is 0. The van der Waals surface area contributed by atoms with Gasteiger partial charge in [0.05, 0.1) is 57.0 Å². The molecule has 0 radical (unpaired) electrons. The van der Waals surface area contributed by atoms with Crippen LogP contribution in [0, 0.1) is 0 Å². The van der Waals surface area contributed by atoms with Crippen LogP contribution in [0.1, 0.15) is 5.56 Å². The van der Waals surface area contributed by atoms with E-state index >= 15 is 0 Å². The number of rotatable bonds is 10. The summed E-state index contributed by atoms with van der Waals surface area (Å²) in [6.07, 6.45) is 1.45. The van der Waals surface area contributed by atoms with Gasteiger partial charge in [0.1, 0.15) is 11.5 Å². The molecule has 11 heteroatoms. The van der Waals surface area contributed by atoms with Crippen molar-refractivity contribution in [3.63, 3.8) is 0 Å². The van der Waals surface area contributed by atoms with Gasteiger partial charge in [-0.3, -0.25) is 14.2 Å². The van der Waals surface area contributed by atoms with E-state index in [0.717, 1.165) is 11.8 Å². The largest absolute Gasteiger partial charge is 0.497 e. The maximum absolute atomic E-state index is 13.4. The molecule has 3 aromatic carbocycles. The molecule has 4 rings (SSSR count). The SMILES string of the molecule is COc1ccc(-n2c(SCC(=O)N/N=C/c3cc(OC)c(OC)cc3OC)nc3ccccc3c2=O)cc1. The molecule has 10 nitrogen and oxygen atoms in total. The smallest absolute Gasteiger partial charge is 0.266 e. The molecule has 0 spiro atoms. The number of thioether (sulfide) groups is 1. The zero-order valence-electron chi connectivity index (χ0n) is 21.3. The zero-order chi connectivity index (χ0) is 27.1. The van der Waals surface area contributed by atoms with Crippen LogP contribution in [0.25, 0.3) is 16.6 Å². The van der Waals surface area contributed by atoms with Crippen molar-refractivity contribution >= 4 is 34.8 Å². The monoisotopic (exact) mass is 534 g/mol. The van der Waals surface area contributed by atoms with Crippen molar-refractivity contribution in [1.29, 1.82) is 0 Å². The third-order valence-electron chi connectivity index (χ3n) is 5.54. The highest BCUT2D eigenvalue weighted by atomic mass is 32.2. The minimum atomic E-state index is -0.380. The summed E-state index contributed by atoms with van der Waals surface area (Å²) in [5.41, 5.74) is 4.00. The van der Waals surface area contributed by atoms with Crippen molar-refractivity contribution < 1.29 is 23.7 Å². The van der Waals surface area contributed by atoms with E-state index in [-0.39, 0.29) is 17.2 Å². The summed E-state index contributed by atoms with van der Waals surface area (Å²) in [4.78, 5) is 30.6. The number of carbonyl (C=O) groups excluding carboxylic acids is 1. The van der Waals surface area contributed by atoms with Gasteiger partial charge >= 0.3 is 0 Å². The average molecular weight is 535 g/mol. The Bertz CT molecular complexity index is 1540. The average Bonchev–Trinajstić information content (AvgIpc) is 2.96. The second-order valence-corrected chi connectivity index (χ2v) is 8.72. The molecule has 0 saturated heterocycles. The number of nitrogens with one attached hydrogen (secondary N) is 1. The Labute approximate surface area is 223 Å². The first-order valence-corrected chi connectivity index (χ1v) is 12.4. The highest BCUT2D eigenvalue weighted by Crippen LogP contribution is 2.33. The summed E-state index contributed by atoms with van der Waals surface area (Å²) in [6, 6.07) is 17.5. The van der Waals surface area contributed by atoms with Gasteiger partial charge in [-0.25, -0.2) is 10.4 Å². The van der Waals surface area contributed by atoms with Crippen LogP contribution in [-0.4, -0.2) is 55.9 Å². The van der Waals surface area contributed by atoms with Crippen LogP contribution in [0.2, 0.25) is 0 Å². The summed E-state index contributed by atoms with van der Waals surface area (Å²) in [5.74, 6) is 1.76. The Hall–Kier alpha value is -4.51. The number of amides is 1. The molecule has 1 heterocycles. The number of fused-ring (bicyclic) bond motifs is 1. The number of carbonyl (C=O) groups is 1. The minimum absolute atomic E-state index is 0.0264. The number of hydrogen-bond donors (Lipinski definition) is 1. The van der Waals surface area contributed by atoms with Crippen LogP contribution in [0.15, 0.2) is 75.7 Å². The number of para-hydroxylation sites is 1. The number of nitrogens with zero attached hydrogens (tertiary/aromatic N) is 3. The summed E-state index contributed by atoms with van der Waals surface area (Å²) in [5, 5.41) is 4.90. The number of hydrazone groups is 1. The predicted octanol–water partition coefficient (Wildman–Crippen LogP) is 3.66. The number of aromatic nitrogens is 2. The highest BCUT2D eigenvalue weighted by Gasteiger charge is 2.15. The third-order valence-corrected chi connectivity index (χ3v) is 6.48. The van der Waals surface area contributed by atoms with Crippen molar-refractivity contribution in [3.8, 4) is 28.7 Å². The molecule has 0 fully saturated rings. The standard InChI is InChI=1S/C27H26N4O6S/c1-34-19-11-9-18(10-12-19)31-26(33)20-7-5-6-8-21(20)29-27(31)38-16-25(32)30-28-15-17-13-23(36-3)24(37-4)14-22(17)35-2/h5-15H,16H2,1-4H3,(H,30,32)/b28-15+. The molecular weight excluding hydrogens is 508 g/mol. The van der Waals surface area contributed by atoms with Crippen LogP contribution in [0.3, 0.4) is 0 Å². The van der Waals surface area contributed by atoms with Gasteiger partial charge in [0.25, 0.3) is 11.5 Å². The lowest BCUT2D eigenvalue weighted by atomic mass is 10.2. The Morgan fingerprint density at radius 2 is 1.63 bits per heavy atom. The fourth-order valence-electron chi connectivity index (χ4n) is 3.66. The molecule has 1 N–H and O–H groups in total. The molecule has 38 heavy (non-hydrogen) atoms. The van der Waals surface area contributed by atoms with E-state index in [2.05, 4.69) is 15.5 Å². The molecule has 1 aromatic heterocycles. The number of hydrogen-bond acceptors (Lipinski definition) is 9. The first kappa shape index (κ1) is 26.6. The van der Waals surface area contributed by atoms with Crippen LogP contribution < -0.4 is 29.9 Å². The van der Waals surface area contributed by atoms with Gasteiger partial charge in [-0.1, -0.05) is 23.9 Å². The fourth-order valence-corrected chi connectivity index (χ4v) is 4.46. The molecule has 1 amide bonds. The van der Waals surface area contributed by atoms with Crippen LogP contribution in [0.4, 0.5) is 0 Å². The lowest BCUT2D eigenvalue weighted by Gasteiger charge is -2.13. The number of methoxy groups -OCH3 is 4. The van der Waals surface area contributed by atoms with E-state index in [1.54, 1.807) is 61.7 Å². The molecule has 0 bridgehead atoms. The van der Waals surface area contributed by atoms with E-state index in [0.29, 0.717) is 50.3 Å². The molecule has 4 aromatic rings. The first-order chi connectivity index (χ1) is 18.5. The Kier molecular flexibility index (Phi) is 8.49. The minimum Gasteiger partial charge on any atom is -0.497 e. The normalized spacial score (nSPS) is 10.9. The predicted molar refractivity (Wildman–Crippen MR) is 146 cm³/mol. The Morgan fingerprint density at radius 3 is 2.32 bits per heavy atom. The third kappa shape index (κ3) is 5.73. The maximum Gasteiger partial charge on any atom is 0.266 e. The van der Waals surface area contributed by atoms with E-state index in [9.17, 15) is 9.59 Å². The highest BCUT2D eigenvalue weighted by molar-refractivity contribution is 7.99. The Balaban J connectivity index is 1.54. The van der Waals surface area contributed by atoms with Crippen LogP contribution in [0.5, 0.6) is 23.0 Å². The van der Waals surface area contributed by atoms with Crippen LogP contribution >= 0.6 is 11.8 Å². The van der Waals surface area contributed by atoms with Crippen molar-refractivity contribution in [2.45, 2.75) is 5.16 Å². The van der Waals surface area contributed by atoms with Gasteiger partial charge in [-0.2, -0.15) is 5.10 Å². The second kappa shape index (κ2) is 12.2. The van der Waals surface area contributed by atoms with Crippen molar-refractivity contribution in [3.05, 3.63) is 76.6 Å². The number of benzene rings is 3. The molecule has 0 saturated carbocycles. The Morgan fingerprint density at radius 1 is 0.947 bits per heavy atom. The second-order valence-electron chi connectivity index (χ2n) is 7.78. The summed E-state index contributed by atoms with van der Waals surface area (Å²) < 4.78 is 22.7. The van der Waals surface area contributed by atoms with Crippen LogP contribution in [-0.2, 0) is 4.79 Å².